The molecular formula is C19H28FNO5. The fourth-order valence-corrected chi connectivity index (χ4v) is 3.52. The lowest BCUT2D eigenvalue weighted by Gasteiger charge is -2.45. The van der Waals surface area contributed by atoms with Crippen LogP contribution in [0.25, 0.3) is 0 Å². The Bertz CT molecular complexity index is 612. The third kappa shape index (κ3) is 4.72. The minimum Gasteiger partial charge on any atom is -0.494 e. The van der Waals surface area contributed by atoms with Gasteiger partial charge in [0.2, 0.25) is 5.91 Å². The molecule has 1 aromatic carbocycles. The molecule has 1 aliphatic rings. The lowest BCUT2D eigenvalue weighted by atomic mass is 9.74. The molecule has 0 bridgehead atoms. The monoisotopic (exact) mass is 369 g/mol. The van der Waals surface area contributed by atoms with Crippen molar-refractivity contribution in [2.75, 3.05) is 40.5 Å². The molecule has 26 heavy (non-hydrogen) atoms. The van der Waals surface area contributed by atoms with E-state index in [1.807, 2.05) is 0 Å². The molecule has 2 rings (SSSR count). The highest BCUT2D eigenvalue weighted by Gasteiger charge is 2.43. The number of amides is 1. The van der Waals surface area contributed by atoms with E-state index in [4.69, 9.17) is 9.47 Å². The first-order chi connectivity index (χ1) is 12.5. The van der Waals surface area contributed by atoms with E-state index in [2.05, 4.69) is 0 Å². The van der Waals surface area contributed by atoms with Crippen LogP contribution in [-0.2, 0) is 16.0 Å². The summed E-state index contributed by atoms with van der Waals surface area (Å²) in [5, 5.41) is 20.3. The fraction of sp³-hybridized carbons (Fsp3) is 0.632. The lowest BCUT2D eigenvalue weighted by molar-refractivity contribution is -0.142. The van der Waals surface area contributed by atoms with E-state index >= 15 is 0 Å². The smallest absolute Gasteiger partial charge is 0.227 e. The van der Waals surface area contributed by atoms with Crippen molar-refractivity contribution < 1.29 is 28.9 Å². The van der Waals surface area contributed by atoms with Crippen molar-refractivity contribution in [2.24, 2.45) is 5.41 Å². The van der Waals surface area contributed by atoms with Crippen molar-refractivity contribution in [3.8, 4) is 5.75 Å². The summed E-state index contributed by atoms with van der Waals surface area (Å²) in [5.74, 6) is -0.512. The van der Waals surface area contributed by atoms with Gasteiger partial charge in [0.05, 0.1) is 26.2 Å². The van der Waals surface area contributed by atoms with Crippen molar-refractivity contribution >= 4 is 5.91 Å². The summed E-state index contributed by atoms with van der Waals surface area (Å²) in [5.41, 5.74) is -0.175. The molecule has 1 amide bonds. The Labute approximate surface area is 153 Å². The Morgan fingerprint density at radius 3 is 2.81 bits per heavy atom. The number of rotatable bonds is 8. The van der Waals surface area contributed by atoms with Gasteiger partial charge in [0.25, 0.3) is 0 Å². The SMILES string of the molecule is COCCC[C@@]1(CO)CN(C(=O)Cc2ccc(OC)c(F)c2)CC[C@H]1O. The van der Waals surface area contributed by atoms with Crippen molar-refractivity contribution in [3.63, 3.8) is 0 Å². The zero-order valence-corrected chi connectivity index (χ0v) is 15.4. The zero-order chi connectivity index (χ0) is 19.2. The van der Waals surface area contributed by atoms with E-state index in [0.717, 1.165) is 0 Å². The number of likely N-dealkylation sites (tertiary alicyclic amines) is 1. The molecular weight excluding hydrogens is 341 g/mol. The summed E-state index contributed by atoms with van der Waals surface area (Å²) < 4.78 is 23.8. The van der Waals surface area contributed by atoms with Gasteiger partial charge in [-0.05, 0) is 37.0 Å². The van der Waals surface area contributed by atoms with Crippen LogP contribution in [0.1, 0.15) is 24.8 Å². The first kappa shape index (κ1) is 20.6. The van der Waals surface area contributed by atoms with Crippen LogP contribution in [0.15, 0.2) is 18.2 Å². The van der Waals surface area contributed by atoms with Crippen molar-refractivity contribution in [1.29, 1.82) is 0 Å². The second-order valence-corrected chi connectivity index (χ2v) is 6.88. The molecule has 1 aliphatic heterocycles. The number of aliphatic hydroxyl groups excluding tert-OH is 2. The molecule has 1 aromatic rings. The van der Waals surface area contributed by atoms with Gasteiger partial charge >= 0.3 is 0 Å². The summed E-state index contributed by atoms with van der Waals surface area (Å²) in [4.78, 5) is 14.3. The molecule has 146 valence electrons. The first-order valence-corrected chi connectivity index (χ1v) is 8.84. The number of benzene rings is 1. The number of hydrogen-bond donors (Lipinski definition) is 2. The minimum atomic E-state index is -0.738. The second-order valence-electron chi connectivity index (χ2n) is 6.88. The second kappa shape index (κ2) is 9.30. The topological polar surface area (TPSA) is 79.2 Å². The molecule has 1 saturated heterocycles. The van der Waals surface area contributed by atoms with Gasteiger partial charge in [-0.1, -0.05) is 6.07 Å². The van der Waals surface area contributed by atoms with Gasteiger partial charge in [-0.15, -0.1) is 0 Å². The molecule has 2 N–H and O–H groups in total. The Morgan fingerprint density at radius 1 is 1.42 bits per heavy atom. The Balaban J connectivity index is 2.05. The summed E-state index contributed by atoms with van der Waals surface area (Å²) in [6.07, 6.45) is 1.08. The Hall–Kier alpha value is -1.70. The molecule has 1 heterocycles. The standard InChI is InChI=1S/C19H28FNO5/c1-25-9-3-7-19(13-22)12-21(8-6-17(19)23)18(24)11-14-4-5-16(26-2)15(20)10-14/h4-5,10,17,22-23H,3,6-9,11-13H2,1-2H3/t17-,19+/m1/s1. The molecule has 2 atom stereocenters. The van der Waals surface area contributed by atoms with Crippen LogP contribution >= 0.6 is 0 Å². The summed E-state index contributed by atoms with van der Waals surface area (Å²) in [6.45, 7) is 1.04. The number of carbonyl (C=O) groups is 1. The van der Waals surface area contributed by atoms with Gasteiger partial charge in [0.1, 0.15) is 0 Å². The summed E-state index contributed by atoms with van der Waals surface area (Å²) in [7, 11) is 2.99. The van der Waals surface area contributed by atoms with Gasteiger partial charge in [-0.25, -0.2) is 4.39 Å². The molecule has 0 aromatic heterocycles. The molecule has 0 aliphatic carbocycles. The molecule has 0 spiro atoms. The van der Waals surface area contributed by atoms with E-state index < -0.39 is 17.3 Å². The lowest BCUT2D eigenvalue weighted by Crippen LogP contribution is -2.55. The van der Waals surface area contributed by atoms with E-state index in [0.29, 0.717) is 38.0 Å². The maximum atomic E-state index is 13.8. The average molecular weight is 369 g/mol. The number of methoxy groups -OCH3 is 2. The van der Waals surface area contributed by atoms with E-state index in [1.165, 1.54) is 19.2 Å². The number of aliphatic hydroxyl groups is 2. The quantitative estimate of drug-likeness (QED) is 0.677. The fourth-order valence-electron chi connectivity index (χ4n) is 3.52. The normalized spacial score (nSPS) is 23.1. The largest absolute Gasteiger partial charge is 0.494 e. The van der Waals surface area contributed by atoms with Crippen LogP contribution in [0.4, 0.5) is 4.39 Å². The van der Waals surface area contributed by atoms with Gasteiger partial charge in [-0.2, -0.15) is 0 Å². The Kier molecular flexibility index (Phi) is 7.37. The first-order valence-electron chi connectivity index (χ1n) is 8.84. The van der Waals surface area contributed by atoms with E-state index in [-0.39, 0.29) is 31.2 Å². The molecule has 0 saturated carbocycles. The number of piperidine rings is 1. The van der Waals surface area contributed by atoms with Crippen molar-refractivity contribution in [1.82, 2.24) is 4.90 Å². The maximum Gasteiger partial charge on any atom is 0.227 e. The van der Waals surface area contributed by atoms with Gasteiger partial charge in [-0.3, -0.25) is 4.79 Å². The van der Waals surface area contributed by atoms with Crippen LogP contribution in [-0.4, -0.2) is 67.6 Å². The third-order valence-corrected chi connectivity index (χ3v) is 5.15. The van der Waals surface area contributed by atoms with Crippen molar-refractivity contribution in [3.05, 3.63) is 29.6 Å². The number of ether oxygens (including phenoxy) is 2. The van der Waals surface area contributed by atoms with Gasteiger partial charge in [0, 0.05) is 32.2 Å². The number of hydrogen-bond acceptors (Lipinski definition) is 5. The molecule has 6 nitrogen and oxygen atoms in total. The molecule has 0 unspecified atom stereocenters. The predicted octanol–water partition coefficient (Wildman–Crippen LogP) is 1.38. The van der Waals surface area contributed by atoms with E-state index in [1.54, 1.807) is 18.1 Å². The van der Waals surface area contributed by atoms with E-state index in [9.17, 15) is 19.4 Å². The van der Waals surface area contributed by atoms with Crippen LogP contribution < -0.4 is 4.74 Å². The highest BCUT2D eigenvalue weighted by Crippen LogP contribution is 2.35. The molecule has 0 radical (unpaired) electrons. The highest BCUT2D eigenvalue weighted by molar-refractivity contribution is 5.79. The Morgan fingerprint density at radius 2 is 2.19 bits per heavy atom. The number of nitrogens with zero attached hydrogens (tertiary/aromatic N) is 1. The summed E-state index contributed by atoms with van der Waals surface area (Å²) in [6, 6.07) is 4.46. The molecule has 1 fully saturated rings. The summed E-state index contributed by atoms with van der Waals surface area (Å²) >= 11 is 0. The van der Waals surface area contributed by atoms with Crippen LogP contribution in [0.3, 0.4) is 0 Å². The maximum absolute atomic E-state index is 13.8. The van der Waals surface area contributed by atoms with Crippen molar-refractivity contribution in [2.45, 2.75) is 31.8 Å². The number of carbonyl (C=O) groups excluding carboxylic acids is 1. The zero-order valence-electron chi connectivity index (χ0n) is 15.4. The number of halogens is 1. The minimum absolute atomic E-state index is 0.0661. The van der Waals surface area contributed by atoms with Crippen LogP contribution in [0, 0.1) is 11.2 Å². The van der Waals surface area contributed by atoms with Crippen LogP contribution in [0.2, 0.25) is 0 Å². The van der Waals surface area contributed by atoms with Gasteiger partial charge < -0.3 is 24.6 Å². The molecule has 7 heteroatoms. The average Bonchev–Trinajstić information content (AvgIpc) is 2.63. The third-order valence-electron chi connectivity index (χ3n) is 5.15. The van der Waals surface area contributed by atoms with Gasteiger partial charge in [0.15, 0.2) is 11.6 Å². The highest BCUT2D eigenvalue weighted by atomic mass is 19.1. The van der Waals surface area contributed by atoms with Crippen LogP contribution in [0.5, 0.6) is 5.75 Å². The predicted molar refractivity (Wildman–Crippen MR) is 94.5 cm³/mol.